The molecule has 1 heterocycles. The van der Waals surface area contributed by atoms with E-state index < -0.39 is 8.32 Å². The number of allylic oxidation sites excluding steroid dienone is 1. The molecule has 43 heavy (non-hydrogen) atoms. The molecule has 1 saturated heterocycles. The lowest BCUT2D eigenvalue weighted by Crippen LogP contribution is -2.47. The van der Waals surface area contributed by atoms with Crippen molar-refractivity contribution in [3.8, 4) is 5.75 Å². The highest BCUT2D eigenvalue weighted by Crippen LogP contribution is 2.40. The van der Waals surface area contributed by atoms with Crippen LogP contribution in [0.1, 0.15) is 79.2 Å². The van der Waals surface area contributed by atoms with Crippen molar-refractivity contribution in [2.45, 2.75) is 105 Å². The fourth-order valence-corrected chi connectivity index (χ4v) is 7.29. The van der Waals surface area contributed by atoms with E-state index >= 15 is 0 Å². The van der Waals surface area contributed by atoms with E-state index in [9.17, 15) is 0 Å². The number of hydrogen-bond donors (Lipinski definition) is 0. The van der Waals surface area contributed by atoms with E-state index in [1.165, 1.54) is 11.1 Å². The molecular weight excluding hydrogens is 552 g/mol. The van der Waals surface area contributed by atoms with Gasteiger partial charge in [0, 0.05) is 17.4 Å². The highest BCUT2D eigenvalue weighted by molar-refractivity contribution is 6.74. The van der Waals surface area contributed by atoms with Crippen molar-refractivity contribution in [3.63, 3.8) is 0 Å². The van der Waals surface area contributed by atoms with Gasteiger partial charge in [0.15, 0.2) is 14.6 Å². The topological polar surface area (TPSA) is 46.2 Å². The van der Waals surface area contributed by atoms with Gasteiger partial charge in [0.05, 0.1) is 39.1 Å². The summed E-state index contributed by atoms with van der Waals surface area (Å²) in [5, 5.41) is 0.139. The second-order valence-electron chi connectivity index (χ2n) is 14.4. The number of ether oxygens (including phenoxy) is 4. The molecule has 0 aliphatic carbocycles. The lowest BCUT2D eigenvalue weighted by Gasteiger charge is -2.42. The van der Waals surface area contributed by atoms with E-state index in [2.05, 4.69) is 98.8 Å². The summed E-state index contributed by atoms with van der Waals surface area (Å²) in [6.07, 6.45) is 3.26. The van der Waals surface area contributed by atoms with E-state index in [0.717, 1.165) is 17.7 Å². The fraction of sp³-hybridized carbons (Fsp3) is 0.622. The molecular formula is C37H58O5Si. The zero-order chi connectivity index (χ0) is 31.8. The van der Waals surface area contributed by atoms with Crippen LogP contribution in [0.25, 0.3) is 0 Å². The molecule has 0 saturated carbocycles. The minimum Gasteiger partial charge on any atom is -0.497 e. The Morgan fingerprint density at radius 2 is 1.67 bits per heavy atom. The third-order valence-electron chi connectivity index (χ3n) is 9.30. The van der Waals surface area contributed by atoms with Crippen LogP contribution in [-0.4, -0.2) is 40.8 Å². The summed E-state index contributed by atoms with van der Waals surface area (Å²) in [4.78, 5) is 0. The van der Waals surface area contributed by atoms with Crippen molar-refractivity contribution in [2.75, 3.05) is 20.3 Å². The molecule has 0 radical (unpaired) electrons. The zero-order valence-electron chi connectivity index (χ0n) is 28.7. The Kier molecular flexibility index (Phi) is 13.1. The Morgan fingerprint density at radius 1 is 1.02 bits per heavy atom. The molecule has 0 bridgehead atoms. The molecule has 7 atom stereocenters. The molecule has 0 unspecified atom stereocenters. The Hall–Kier alpha value is -1.96. The Morgan fingerprint density at radius 3 is 2.28 bits per heavy atom. The van der Waals surface area contributed by atoms with Crippen molar-refractivity contribution < 1.29 is 23.4 Å². The van der Waals surface area contributed by atoms with Gasteiger partial charge in [-0.1, -0.05) is 103 Å². The van der Waals surface area contributed by atoms with Crippen LogP contribution >= 0.6 is 0 Å². The normalized spacial score (nSPS) is 23.0. The molecule has 0 aromatic heterocycles. The Bertz CT molecular complexity index is 1120. The zero-order valence-corrected chi connectivity index (χ0v) is 29.7. The van der Waals surface area contributed by atoms with Crippen LogP contribution in [0.3, 0.4) is 0 Å². The lowest BCUT2D eigenvalue weighted by molar-refractivity contribution is -0.249. The van der Waals surface area contributed by atoms with Crippen molar-refractivity contribution in [3.05, 3.63) is 77.4 Å². The third kappa shape index (κ3) is 10.3. The smallest absolute Gasteiger partial charge is 0.192 e. The van der Waals surface area contributed by atoms with Gasteiger partial charge in [-0.15, -0.1) is 0 Å². The molecule has 3 rings (SSSR count). The second-order valence-corrected chi connectivity index (χ2v) is 19.1. The van der Waals surface area contributed by atoms with E-state index in [-0.39, 0.29) is 35.4 Å². The standard InChI is InChI=1S/C37H58O5Si/c1-26(21-27(2)34-30(5)24-40-36(41-34)32-17-19-33(38-9)20-18-32)22-28(3)35(42-43(10,11)37(6,7)8)29(4)23-39-25-31-15-13-12-14-16-31/h12-20,22,27-30,34-36H,21,23-25H2,1-11H3/b26-22-/t27-,28+,29+,30+,34+,35-,36-/m1/s1. The average Bonchev–Trinajstić information content (AvgIpc) is 2.96. The second kappa shape index (κ2) is 15.9. The minimum atomic E-state index is -1.99. The molecule has 240 valence electrons. The number of hydrogen-bond acceptors (Lipinski definition) is 5. The van der Waals surface area contributed by atoms with Crippen LogP contribution in [0.4, 0.5) is 0 Å². The summed E-state index contributed by atoms with van der Waals surface area (Å²) in [6.45, 7) is 25.0. The van der Waals surface area contributed by atoms with Gasteiger partial charge in [0.25, 0.3) is 0 Å². The maximum Gasteiger partial charge on any atom is 0.192 e. The van der Waals surface area contributed by atoms with Crippen molar-refractivity contribution in [2.24, 2.45) is 23.7 Å². The maximum absolute atomic E-state index is 7.11. The number of methoxy groups -OCH3 is 1. The first-order valence-corrected chi connectivity index (χ1v) is 19.0. The van der Waals surface area contributed by atoms with Crippen LogP contribution in [0.2, 0.25) is 18.1 Å². The van der Waals surface area contributed by atoms with Gasteiger partial charge in [-0.2, -0.15) is 0 Å². The van der Waals surface area contributed by atoms with Crippen LogP contribution in [-0.2, 0) is 25.2 Å². The molecule has 0 amide bonds. The van der Waals surface area contributed by atoms with Crippen LogP contribution in [0, 0.1) is 23.7 Å². The summed E-state index contributed by atoms with van der Waals surface area (Å²) >= 11 is 0. The van der Waals surface area contributed by atoms with Gasteiger partial charge < -0.3 is 23.4 Å². The van der Waals surface area contributed by atoms with Gasteiger partial charge >= 0.3 is 0 Å². The molecule has 0 N–H and O–H groups in total. The predicted molar refractivity (Wildman–Crippen MR) is 180 cm³/mol. The summed E-state index contributed by atoms with van der Waals surface area (Å²) in [5.41, 5.74) is 3.61. The van der Waals surface area contributed by atoms with E-state index in [1.54, 1.807) is 7.11 Å². The molecule has 1 aliphatic rings. The Balaban J connectivity index is 1.68. The van der Waals surface area contributed by atoms with Gasteiger partial charge in [0.1, 0.15) is 5.75 Å². The first-order valence-electron chi connectivity index (χ1n) is 16.1. The van der Waals surface area contributed by atoms with Gasteiger partial charge in [-0.25, -0.2) is 0 Å². The molecule has 6 heteroatoms. The van der Waals surface area contributed by atoms with Crippen molar-refractivity contribution >= 4 is 8.32 Å². The monoisotopic (exact) mass is 610 g/mol. The van der Waals surface area contributed by atoms with Gasteiger partial charge in [-0.05, 0) is 61.0 Å². The molecule has 2 aromatic rings. The van der Waals surface area contributed by atoms with Gasteiger partial charge in [0.2, 0.25) is 0 Å². The highest BCUT2D eigenvalue weighted by Gasteiger charge is 2.41. The lowest BCUT2D eigenvalue weighted by atomic mass is 9.86. The number of rotatable bonds is 14. The quantitative estimate of drug-likeness (QED) is 0.157. The SMILES string of the molecule is COc1ccc([C@@H]2OC[C@H](C)[C@H]([C@H](C)C/C(C)=C\[C@H](C)[C@@H](O[Si](C)(C)C(C)(C)C)[C@@H](C)COCc3ccccc3)O2)cc1. The molecule has 1 aliphatic heterocycles. The summed E-state index contributed by atoms with van der Waals surface area (Å²) in [6, 6.07) is 18.4. The third-order valence-corrected chi connectivity index (χ3v) is 13.8. The first-order chi connectivity index (χ1) is 20.2. The summed E-state index contributed by atoms with van der Waals surface area (Å²) in [5.74, 6) is 2.04. The molecule has 5 nitrogen and oxygen atoms in total. The van der Waals surface area contributed by atoms with Crippen LogP contribution in [0.15, 0.2) is 66.2 Å². The summed E-state index contributed by atoms with van der Waals surface area (Å²) in [7, 11) is -0.307. The van der Waals surface area contributed by atoms with E-state index in [1.807, 2.05) is 30.3 Å². The largest absolute Gasteiger partial charge is 0.497 e. The van der Waals surface area contributed by atoms with E-state index in [0.29, 0.717) is 31.7 Å². The van der Waals surface area contributed by atoms with Crippen LogP contribution < -0.4 is 4.74 Å². The van der Waals surface area contributed by atoms with Crippen molar-refractivity contribution in [1.29, 1.82) is 0 Å². The Labute approximate surface area is 263 Å². The minimum absolute atomic E-state index is 0.0830. The first kappa shape index (κ1) is 35.5. The predicted octanol–water partition coefficient (Wildman–Crippen LogP) is 9.60. The van der Waals surface area contributed by atoms with Crippen LogP contribution in [0.5, 0.6) is 5.75 Å². The fourth-order valence-electron chi connectivity index (χ4n) is 5.81. The highest BCUT2D eigenvalue weighted by atomic mass is 28.4. The van der Waals surface area contributed by atoms with E-state index in [4.69, 9.17) is 23.4 Å². The average molecular weight is 611 g/mol. The molecule has 2 aromatic carbocycles. The van der Waals surface area contributed by atoms with Crippen molar-refractivity contribution in [1.82, 2.24) is 0 Å². The molecule has 1 fully saturated rings. The molecule has 0 spiro atoms. The van der Waals surface area contributed by atoms with Gasteiger partial charge in [-0.3, -0.25) is 0 Å². The maximum atomic E-state index is 7.11. The number of benzene rings is 2. The summed E-state index contributed by atoms with van der Waals surface area (Å²) < 4.78 is 31.3.